The maximum atomic E-state index is 12.7. The number of piperazine rings is 1. The second kappa shape index (κ2) is 9.93. The molecule has 0 unspecified atom stereocenters. The van der Waals surface area contributed by atoms with E-state index in [2.05, 4.69) is 27.4 Å². The van der Waals surface area contributed by atoms with Gasteiger partial charge in [-0.2, -0.15) is 5.10 Å². The van der Waals surface area contributed by atoms with Gasteiger partial charge in [-0.15, -0.1) is 0 Å². The minimum Gasteiger partial charge on any atom is -0.480 e. The molecule has 0 atom stereocenters. The number of amides is 1. The molecule has 0 saturated carbocycles. The highest BCUT2D eigenvalue weighted by molar-refractivity contribution is 6.04. The highest BCUT2D eigenvalue weighted by Crippen LogP contribution is 2.21. The lowest BCUT2D eigenvalue weighted by Crippen LogP contribution is -2.41. The van der Waals surface area contributed by atoms with Crippen LogP contribution in [0.5, 0.6) is 0 Å². The molecular weight excluding hydrogens is 406 g/mol. The first-order valence-corrected chi connectivity index (χ1v) is 10.9. The molecule has 0 aromatic heterocycles. The number of nitrogens with zero attached hydrogens (tertiary/aromatic N) is 4. The third kappa shape index (κ3) is 5.72. The second-order valence-electron chi connectivity index (χ2n) is 8.42. The number of benzene rings is 2. The van der Waals surface area contributed by atoms with Gasteiger partial charge in [0.15, 0.2) is 0 Å². The molecule has 8 nitrogen and oxygen atoms in total. The molecule has 2 N–H and O–H groups in total. The van der Waals surface area contributed by atoms with Gasteiger partial charge in [-0.25, -0.2) is 0 Å². The number of anilines is 1. The maximum Gasteiger partial charge on any atom is 0.317 e. The summed E-state index contributed by atoms with van der Waals surface area (Å²) in [4.78, 5) is 27.8. The number of rotatable bonds is 6. The average molecular weight is 436 g/mol. The van der Waals surface area contributed by atoms with E-state index < -0.39 is 5.97 Å². The predicted octanol–water partition coefficient (Wildman–Crippen LogP) is 1.96. The number of hydrogen-bond donors (Lipinski definition) is 2. The summed E-state index contributed by atoms with van der Waals surface area (Å²) in [5.41, 5.74) is 4.52. The van der Waals surface area contributed by atoms with Crippen molar-refractivity contribution in [2.45, 2.75) is 13.0 Å². The molecule has 0 bridgehead atoms. The first-order valence-electron chi connectivity index (χ1n) is 10.9. The van der Waals surface area contributed by atoms with E-state index in [1.165, 1.54) is 0 Å². The van der Waals surface area contributed by atoms with E-state index in [1.54, 1.807) is 6.07 Å². The Morgan fingerprint density at radius 1 is 1.03 bits per heavy atom. The number of carbonyl (C=O) groups excluding carboxylic acids is 1. The summed E-state index contributed by atoms with van der Waals surface area (Å²) in [6.07, 6.45) is 2.60. The van der Waals surface area contributed by atoms with Crippen LogP contribution in [-0.2, 0) is 17.8 Å². The normalized spacial score (nSPS) is 17.3. The van der Waals surface area contributed by atoms with Gasteiger partial charge in [-0.3, -0.25) is 19.5 Å². The Balaban J connectivity index is 1.33. The summed E-state index contributed by atoms with van der Waals surface area (Å²) in [5.74, 6) is -0.972. The van der Waals surface area contributed by atoms with Crippen LogP contribution in [0.4, 0.5) is 5.69 Å². The van der Waals surface area contributed by atoms with E-state index in [0.29, 0.717) is 18.7 Å². The van der Waals surface area contributed by atoms with Crippen molar-refractivity contribution in [2.75, 3.05) is 51.6 Å². The molecule has 2 aromatic rings. The Bertz CT molecular complexity index is 997. The molecule has 2 aromatic carbocycles. The van der Waals surface area contributed by atoms with Crippen LogP contribution in [-0.4, -0.2) is 84.3 Å². The van der Waals surface area contributed by atoms with Gasteiger partial charge < -0.3 is 15.3 Å². The van der Waals surface area contributed by atoms with Crippen molar-refractivity contribution in [3.05, 3.63) is 64.7 Å². The summed E-state index contributed by atoms with van der Waals surface area (Å²) in [6, 6.07) is 13.3. The first kappa shape index (κ1) is 22.0. The summed E-state index contributed by atoms with van der Waals surface area (Å²) >= 11 is 0. The first-order chi connectivity index (χ1) is 15.5. The number of hydrogen-bond acceptors (Lipinski definition) is 6. The van der Waals surface area contributed by atoms with Crippen molar-refractivity contribution in [3.63, 3.8) is 0 Å². The minimum absolute atomic E-state index is 0.0394. The van der Waals surface area contributed by atoms with Crippen LogP contribution in [0.25, 0.3) is 0 Å². The van der Waals surface area contributed by atoms with E-state index in [-0.39, 0.29) is 12.5 Å². The van der Waals surface area contributed by atoms with Crippen molar-refractivity contribution in [2.24, 2.45) is 5.10 Å². The lowest BCUT2D eigenvalue weighted by Gasteiger charge is -2.30. The second-order valence-corrected chi connectivity index (χ2v) is 8.42. The van der Waals surface area contributed by atoms with E-state index in [0.717, 1.165) is 55.0 Å². The molecule has 8 heteroatoms. The molecule has 4 rings (SSSR count). The Kier molecular flexibility index (Phi) is 6.82. The van der Waals surface area contributed by atoms with Crippen molar-refractivity contribution < 1.29 is 14.7 Å². The number of fused-ring (bicyclic) bond motifs is 1. The standard InChI is InChI=1S/C24H29N5O3/c1-27-10-12-29(13-11-27)25-15-18-2-6-22(7-3-18)26-24(32)20-4-5-21-16-28(17-23(30)31)9-8-19(21)14-20/h2-7,14-15H,8-13,16-17H2,1H3,(H,26,32)(H,30,31). The number of carboxylic acid groups (broad SMARTS) is 1. The van der Waals surface area contributed by atoms with Crippen molar-refractivity contribution in [1.29, 1.82) is 0 Å². The molecule has 2 aliphatic heterocycles. The zero-order valence-electron chi connectivity index (χ0n) is 18.3. The van der Waals surface area contributed by atoms with Gasteiger partial charge in [0.1, 0.15) is 0 Å². The molecular formula is C24H29N5O3. The summed E-state index contributed by atoms with van der Waals surface area (Å²) in [5, 5.41) is 18.6. The van der Waals surface area contributed by atoms with Gasteiger partial charge in [-0.1, -0.05) is 18.2 Å². The van der Waals surface area contributed by atoms with E-state index in [1.807, 2.05) is 47.5 Å². The van der Waals surface area contributed by atoms with Crippen molar-refractivity contribution >= 4 is 23.8 Å². The number of aliphatic carboxylic acids is 1. The van der Waals surface area contributed by atoms with Crippen LogP contribution in [0, 0.1) is 0 Å². The van der Waals surface area contributed by atoms with Crippen LogP contribution in [0.15, 0.2) is 47.6 Å². The van der Waals surface area contributed by atoms with Gasteiger partial charge in [0.25, 0.3) is 5.91 Å². The Labute approximate surface area is 188 Å². The Morgan fingerprint density at radius 2 is 1.78 bits per heavy atom. The lowest BCUT2D eigenvalue weighted by atomic mass is 9.97. The van der Waals surface area contributed by atoms with E-state index in [9.17, 15) is 9.59 Å². The molecule has 32 heavy (non-hydrogen) atoms. The molecule has 1 saturated heterocycles. The molecule has 0 aliphatic carbocycles. The third-order valence-electron chi connectivity index (χ3n) is 5.94. The van der Waals surface area contributed by atoms with Gasteiger partial charge in [0, 0.05) is 50.5 Å². The van der Waals surface area contributed by atoms with Crippen LogP contribution < -0.4 is 5.32 Å². The number of carboxylic acids is 1. The minimum atomic E-state index is -0.818. The third-order valence-corrected chi connectivity index (χ3v) is 5.94. The smallest absolute Gasteiger partial charge is 0.317 e. The molecule has 0 spiro atoms. The monoisotopic (exact) mass is 435 g/mol. The van der Waals surface area contributed by atoms with Gasteiger partial charge in [0.2, 0.25) is 0 Å². The average Bonchev–Trinajstić information content (AvgIpc) is 2.79. The quantitative estimate of drug-likeness (QED) is 0.675. The largest absolute Gasteiger partial charge is 0.480 e. The molecule has 0 radical (unpaired) electrons. The van der Waals surface area contributed by atoms with Crippen LogP contribution >= 0.6 is 0 Å². The predicted molar refractivity (Wildman–Crippen MR) is 124 cm³/mol. The van der Waals surface area contributed by atoms with Crippen LogP contribution in [0.1, 0.15) is 27.0 Å². The van der Waals surface area contributed by atoms with Gasteiger partial charge in [0.05, 0.1) is 12.8 Å². The maximum absolute atomic E-state index is 12.7. The van der Waals surface area contributed by atoms with Crippen molar-refractivity contribution in [1.82, 2.24) is 14.8 Å². The molecule has 2 heterocycles. The summed E-state index contributed by atoms with van der Waals surface area (Å²) < 4.78 is 0. The number of nitrogens with one attached hydrogen (secondary N) is 1. The highest BCUT2D eigenvalue weighted by Gasteiger charge is 2.19. The number of hydrazone groups is 1. The lowest BCUT2D eigenvalue weighted by molar-refractivity contribution is -0.138. The fourth-order valence-corrected chi connectivity index (χ4v) is 3.99. The van der Waals surface area contributed by atoms with Gasteiger partial charge >= 0.3 is 5.97 Å². The fraction of sp³-hybridized carbons (Fsp3) is 0.375. The molecule has 1 amide bonds. The molecule has 1 fully saturated rings. The fourth-order valence-electron chi connectivity index (χ4n) is 3.99. The van der Waals surface area contributed by atoms with Crippen LogP contribution in [0.3, 0.4) is 0 Å². The molecule has 2 aliphatic rings. The zero-order chi connectivity index (χ0) is 22.5. The van der Waals surface area contributed by atoms with E-state index >= 15 is 0 Å². The Morgan fingerprint density at radius 3 is 2.50 bits per heavy atom. The highest BCUT2D eigenvalue weighted by atomic mass is 16.4. The van der Waals surface area contributed by atoms with Crippen LogP contribution in [0.2, 0.25) is 0 Å². The topological polar surface area (TPSA) is 88.5 Å². The SMILES string of the molecule is CN1CCN(N=Cc2ccc(NC(=O)c3ccc4c(c3)CCN(CC(=O)O)C4)cc2)CC1. The molecule has 168 valence electrons. The van der Waals surface area contributed by atoms with E-state index in [4.69, 9.17) is 5.11 Å². The number of likely N-dealkylation sites (N-methyl/N-ethyl adjacent to an activating group) is 1. The zero-order valence-corrected chi connectivity index (χ0v) is 18.3. The van der Waals surface area contributed by atoms with Crippen molar-refractivity contribution in [3.8, 4) is 0 Å². The summed E-state index contributed by atoms with van der Waals surface area (Å²) in [7, 11) is 2.12. The van der Waals surface area contributed by atoms with Gasteiger partial charge in [-0.05, 0) is 54.4 Å². The Hall–Kier alpha value is -3.23. The number of carbonyl (C=O) groups is 2. The summed E-state index contributed by atoms with van der Waals surface area (Å²) in [6.45, 7) is 5.22.